The van der Waals surface area contributed by atoms with Gasteiger partial charge in [-0.25, -0.2) is 0 Å². The number of quaternary nitrogens is 1. The molecule has 26 heavy (non-hydrogen) atoms. The van der Waals surface area contributed by atoms with Crippen LogP contribution >= 0.6 is 0 Å². The van der Waals surface area contributed by atoms with Crippen molar-refractivity contribution in [1.82, 2.24) is 0 Å². The van der Waals surface area contributed by atoms with Gasteiger partial charge < -0.3 is 15.0 Å². The molecule has 7 heteroatoms. The summed E-state index contributed by atoms with van der Waals surface area (Å²) in [6.07, 6.45) is 0.608. The number of benzene rings is 2. The van der Waals surface area contributed by atoms with E-state index in [9.17, 15) is 14.9 Å². The van der Waals surface area contributed by atoms with Crippen LogP contribution in [0.1, 0.15) is 21.5 Å². The minimum absolute atomic E-state index is 0.0918. The summed E-state index contributed by atoms with van der Waals surface area (Å²) in [6, 6.07) is 12.6. The molecule has 1 fully saturated rings. The van der Waals surface area contributed by atoms with E-state index in [0.29, 0.717) is 24.1 Å². The van der Waals surface area contributed by atoms with Gasteiger partial charge in [0, 0.05) is 23.7 Å². The van der Waals surface area contributed by atoms with Crippen LogP contribution in [-0.2, 0) is 17.8 Å². The molecule has 1 aliphatic rings. The lowest BCUT2D eigenvalue weighted by Gasteiger charge is -2.24. The largest absolute Gasteiger partial charge is 0.375 e. The number of hydrogen-bond donors (Lipinski definition) is 2. The van der Waals surface area contributed by atoms with Crippen LogP contribution in [0.5, 0.6) is 0 Å². The highest BCUT2D eigenvalue weighted by Gasteiger charge is 2.17. The molecule has 0 unspecified atom stereocenters. The topological polar surface area (TPSA) is 85.9 Å². The van der Waals surface area contributed by atoms with Crippen molar-refractivity contribution in [3.05, 3.63) is 69.3 Å². The van der Waals surface area contributed by atoms with Crippen LogP contribution < -0.4 is 10.2 Å². The van der Waals surface area contributed by atoms with Crippen LogP contribution in [0.25, 0.3) is 0 Å². The number of anilines is 1. The molecule has 0 saturated carbocycles. The number of aldehydes is 1. The summed E-state index contributed by atoms with van der Waals surface area (Å²) in [4.78, 5) is 23.1. The predicted octanol–water partition coefficient (Wildman–Crippen LogP) is 1.43. The van der Waals surface area contributed by atoms with Crippen molar-refractivity contribution in [2.75, 3.05) is 31.6 Å². The lowest BCUT2D eigenvalue weighted by Crippen LogP contribution is -3.12. The van der Waals surface area contributed by atoms with Crippen LogP contribution in [0.3, 0.4) is 0 Å². The summed E-state index contributed by atoms with van der Waals surface area (Å²) >= 11 is 0. The Kier molecular flexibility index (Phi) is 5.93. The normalized spacial score (nSPS) is 14.8. The van der Waals surface area contributed by atoms with Crippen molar-refractivity contribution in [1.29, 1.82) is 0 Å². The Morgan fingerprint density at radius 2 is 1.88 bits per heavy atom. The zero-order chi connectivity index (χ0) is 18.4. The SMILES string of the molecule is O=Cc1ccc(NCc2ccccc2C[NH+]2CCOCC2)c([N+](=O)[O-])c1. The fourth-order valence-electron chi connectivity index (χ4n) is 3.12. The van der Waals surface area contributed by atoms with Crippen LogP contribution in [0.2, 0.25) is 0 Å². The number of carbonyl (C=O) groups excluding carboxylic acids is 1. The van der Waals surface area contributed by atoms with E-state index in [0.717, 1.165) is 38.4 Å². The smallest absolute Gasteiger partial charge is 0.293 e. The summed E-state index contributed by atoms with van der Waals surface area (Å²) in [5, 5.41) is 14.4. The third-order valence-corrected chi connectivity index (χ3v) is 4.58. The van der Waals surface area contributed by atoms with E-state index in [4.69, 9.17) is 4.74 Å². The van der Waals surface area contributed by atoms with Crippen LogP contribution in [0, 0.1) is 10.1 Å². The fraction of sp³-hybridized carbons (Fsp3) is 0.316. The van der Waals surface area contributed by atoms with Crippen molar-refractivity contribution in [2.45, 2.75) is 13.1 Å². The molecule has 0 aromatic heterocycles. The number of hydrogen-bond acceptors (Lipinski definition) is 5. The quantitative estimate of drug-likeness (QED) is 0.445. The number of nitro groups is 1. The first kappa shape index (κ1) is 18.0. The Labute approximate surface area is 151 Å². The van der Waals surface area contributed by atoms with E-state index < -0.39 is 4.92 Å². The van der Waals surface area contributed by atoms with Gasteiger partial charge in [0.15, 0.2) is 0 Å². The zero-order valence-electron chi connectivity index (χ0n) is 14.4. The molecule has 0 amide bonds. The van der Waals surface area contributed by atoms with Gasteiger partial charge >= 0.3 is 0 Å². The van der Waals surface area contributed by atoms with Gasteiger partial charge in [0.05, 0.1) is 18.1 Å². The van der Waals surface area contributed by atoms with Crippen LogP contribution in [-0.4, -0.2) is 37.5 Å². The average molecular weight is 356 g/mol. The maximum atomic E-state index is 11.3. The molecule has 7 nitrogen and oxygen atoms in total. The lowest BCUT2D eigenvalue weighted by molar-refractivity contribution is -0.921. The van der Waals surface area contributed by atoms with Gasteiger partial charge in [0.2, 0.25) is 0 Å². The Morgan fingerprint density at radius 3 is 2.58 bits per heavy atom. The molecule has 2 aromatic carbocycles. The molecule has 0 radical (unpaired) electrons. The molecule has 3 rings (SSSR count). The van der Waals surface area contributed by atoms with Gasteiger partial charge in [-0.15, -0.1) is 0 Å². The number of nitrogens with one attached hydrogen (secondary N) is 2. The summed E-state index contributed by atoms with van der Waals surface area (Å²) in [7, 11) is 0. The van der Waals surface area contributed by atoms with Gasteiger partial charge in [-0.3, -0.25) is 14.9 Å². The van der Waals surface area contributed by atoms with Gasteiger partial charge in [0.25, 0.3) is 5.69 Å². The molecule has 1 heterocycles. The number of morpholine rings is 1. The van der Waals surface area contributed by atoms with Crippen molar-refractivity contribution >= 4 is 17.7 Å². The van der Waals surface area contributed by atoms with Crippen molar-refractivity contribution in [2.24, 2.45) is 0 Å². The first-order valence-corrected chi connectivity index (χ1v) is 8.63. The number of nitrogens with zero attached hydrogens (tertiary/aromatic N) is 1. The van der Waals surface area contributed by atoms with E-state index in [1.165, 1.54) is 16.5 Å². The molecule has 0 spiro atoms. The van der Waals surface area contributed by atoms with E-state index >= 15 is 0 Å². The molecule has 0 aliphatic carbocycles. The maximum absolute atomic E-state index is 11.3. The molecule has 0 atom stereocenters. The van der Waals surface area contributed by atoms with E-state index in [-0.39, 0.29) is 5.69 Å². The minimum Gasteiger partial charge on any atom is -0.375 e. The molecular weight excluding hydrogens is 334 g/mol. The van der Waals surface area contributed by atoms with Crippen molar-refractivity contribution in [3.63, 3.8) is 0 Å². The number of ether oxygens (including phenoxy) is 1. The third-order valence-electron chi connectivity index (χ3n) is 4.58. The summed E-state index contributed by atoms with van der Waals surface area (Å²) in [5.41, 5.74) is 2.95. The number of rotatable bonds is 7. The zero-order valence-corrected chi connectivity index (χ0v) is 14.4. The highest BCUT2D eigenvalue weighted by molar-refractivity contribution is 5.79. The van der Waals surface area contributed by atoms with Gasteiger partial charge in [-0.2, -0.15) is 0 Å². The molecule has 1 aliphatic heterocycles. The van der Waals surface area contributed by atoms with Gasteiger partial charge in [0.1, 0.15) is 31.6 Å². The Hall–Kier alpha value is -2.77. The molecule has 2 N–H and O–H groups in total. The predicted molar refractivity (Wildman–Crippen MR) is 97.5 cm³/mol. The molecule has 136 valence electrons. The Balaban J connectivity index is 1.74. The van der Waals surface area contributed by atoms with Crippen LogP contribution in [0.4, 0.5) is 11.4 Å². The van der Waals surface area contributed by atoms with E-state index in [2.05, 4.69) is 11.4 Å². The number of carbonyl (C=O) groups is 1. The molecule has 2 aromatic rings. The fourth-order valence-corrected chi connectivity index (χ4v) is 3.12. The number of nitro benzene ring substituents is 1. The van der Waals surface area contributed by atoms with Crippen molar-refractivity contribution < 1.29 is 19.4 Å². The first-order valence-electron chi connectivity index (χ1n) is 8.63. The molecule has 1 saturated heterocycles. The van der Waals surface area contributed by atoms with Gasteiger partial charge in [-0.05, 0) is 17.7 Å². The van der Waals surface area contributed by atoms with E-state index in [1.54, 1.807) is 12.1 Å². The minimum atomic E-state index is -0.473. The summed E-state index contributed by atoms with van der Waals surface area (Å²) in [5.74, 6) is 0. The van der Waals surface area contributed by atoms with E-state index in [1.807, 2.05) is 18.2 Å². The maximum Gasteiger partial charge on any atom is 0.293 e. The first-order chi connectivity index (χ1) is 12.7. The monoisotopic (exact) mass is 356 g/mol. The molecular formula is C19H22N3O4+. The Morgan fingerprint density at radius 1 is 1.15 bits per heavy atom. The highest BCUT2D eigenvalue weighted by Crippen LogP contribution is 2.26. The standard InChI is InChI=1S/C19H21N3O4/c23-14-15-5-6-18(19(11-15)22(24)25)20-12-16-3-1-2-4-17(16)13-21-7-9-26-10-8-21/h1-6,11,14,20H,7-10,12-13H2/p+1. The lowest BCUT2D eigenvalue weighted by atomic mass is 10.1. The van der Waals surface area contributed by atoms with Crippen molar-refractivity contribution in [3.8, 4) is 0 Å². The van der Waals surface area contributed by atoms with Gasteiger partial charge in [-0.1, -0.05) is 24.3 Å². The average Bonchev–Trinajstić information content (AvgIpc) is 2.68. The second kappa shape index (κ2) is 8.55. The summed E-state index contributed by atoms with van der Waals surface area (Å²) in [6.45, 7) is 4.94. The second-order valence-corrected chi connectivity index (χ2v) is 6.31. The summed E-state index contributed by atoms with van der Waals surface area (Å²) < 4.78 is 5.41. The molecule has 0 bridgehead atoms. The Bertz CT molecular complexity index is 788. The van der Waals surface area contributed by atoms with Crippen LogP contribution in [0.15, 0.2) is 42.5 Å². The second-order valence-electron chi connectivity index (χ2n) is 6.31. The highest BCUT2D eigenvalue weighted by atomic mass is 16.6. The third kappa shape index (κ3) is 4.44.